The molecule has 0 atom stereocenters. The molecule has 0 aliphatic rings. The average molecular weight is 455 g/mol. The number of hydrogen-bond acceptors (Lipinski definition) is 5. The zero-order valence-corrected chi connectivity index (χ0v) is 17.5. The number of amides is 1. The van der Waals surface area contributed by atoms with Gasteiger partial charge >= 0.3 is 0 Å². The van der Waals surface area contributed by atoms with Crippen LogP contribution >= 0.6 is 34.5 Å². The molecule has 3 rings (SSSR count). The van der Waals surface area contributed by atoms with Crippen LogP contribution in [0.2, 0.25) is 9.36 Å². The maximum atomic E-state index is 12.9. The number of carbonyl (C=O) groups excluding carboxylic acids is 1. The van der Waals surface area contributed by atoms with E-state index in [0.29, 0.717) is 32.9 Å². The van der Waals surface area contributed by atoms with Crippen molar-refractivity contribution in [1.29, 1.82) is 0 Å². The minimum Gasteiger partial charge on any atom is -0.380 e. The largest absolute Gasteiger partial charge is 0.380 e. The highest BCUT2D eigenvalue weighted by atomic mass is 35.5. The van der Waals surface area contributed by atoms with Crippen LogP contribution in [0.3, 0.4) is 0 Å². The van der Waals surface area contributed by atoms with Crippen LogP contribution in [-0.2, 0) is 13.0 Å². The number of hydrogen-bond donors (Lipinski definition) is 2. The van der Waals surface area contributed by atoms with Gasteiger partial charge in [0.15, 0.2) is 0 Å². The van der Waals surface area contributed by atoms with Gasteiger partial charge in [0.05, 0.1) is 22.1 Å². The zero-order chi connectivity index (χ0) is 20.8. The molecule has 0 radical (unpaired) electrons. The van der Waals surface area contributed by atoms with Gasteiger partial charge in [0.1, 0.15) is 16.7 Å². The van der Waals surface area contributed by atoms with Gasteiger partial charge in [0.25, 0.3) is 11.5 Å². The van der Waals surface area contributed by atoms with E-state index in [0.717, 1.165) is 16.9 Å². The van der Waals surface area contributed by atoms with E-state index in [9.17, 15) is 14.0 Å². The van der Waals surface area contributed by atoms with Crippen molar-refractivity contribution in [3.05, 3.63) is 73.0 Å². The predicted octanol–water partition coefficient (Wildman–Crippen LogP) is 4.49. The van der Waals surface area contributed by atoms with Crippen molar-refractivity contribution in [3.8, 4) is 0 Å². The first-order valence-electron chi connectivity index (χ1n) is 8.67. The normalized spacial score (nSPS) is 10.7. The van der Waals surface area contributed by atoms with Crippen molar-refractivity contribution in [2.75, 3.05) is 23.9 Å². The van der Waals surface area contributed by atoms with Crippen molar-refractivity contribution in [2.45, 2.75) is 13.0 Å². The minimum absolute atomic E-state index is 0.115. The average Bonchev–Trinajstić information content (AvgIpc) is 3.05. The van der Waals surface area contributed by atoms with E-state index in [1.807, 2.05) is 12.1 Å². The van der Waals surface area contributed by atoms with Crippen LogP contribution in [-0.4, -0.2) is 28.7 Å². The van der Waals surface area contributed by atoms with E-state index in [4.69, 9.17) is 23.2 Å². The van der Waals surface area contributed by atoms with E-state index in [2.05, 4.69) is 15.6 Å². The molecule has 0 saturated heterocycles. The van der Waals surface area contributed by atoms with Gasteiger partial charge < -0.3 is 15.2 Å². The number of aromatic nitrogens is 2. The highest BCUT2D eigenvalue weighted by Crippen LogP contribution is 2.32. The first-order valence-corrected chi connectivity index (χ1v) is 10.2. The summed E-state index contributed by atoms with van der Waals surface area (Å²) in [5.41, 5.74) is 1.27. The molecular weight excluding hydrogens is 438 g/mol. The van der Waals surface area contributed by atoms with Gasteiger partial charge in [-0.3, -0.25) is 14.6 Å². The molecule has 3 aromatic rings. The fourth-order valence-corrected chi connectivity index (χ4v) is 3.89. The van der Waals surface area contributed by atoms with E-state index < -0.39 is 12.6 Å². The quantitative estimate of drug-likeness (QED) is 0.525. The van der Waals surface area contributed by atoms with Gasteiger partial charge in [-0.15, -0.1) is 11.3 Å². The number of nitrogens with zero attached hydrogens (tertiary/aromatic N) is 2. The summed E-state index contributed by atoms with van der Waals surface area (Å²) in [5.74, 6) is -0.421. The van der Waals surface area contributed by atoms with E-state index in [1.165, 1.54) is 22.9 Å². The maximum absolute atomic E-state index is 12.9. The van der Waals surface area contributed by atoms with Crippen molar-refractivity contribution < 1.29 is 9.18 Å². The number of aryl methyl sites for hydroxylation is 1. The van der Waals surface area contributed by atoms with Gasteiger partial charge in [-0.25, -0.2) is 4.39 Å². The van der Waals surface area contributed by atoms with Crippen LogP contribution in [0.4, 0.5) is 15.8 Å². The summed E-state index contributed by atoms with van der Waals surface area (Å²) < 4.78 is 14.4. The summed E-state index contributed by atoms with van der Waals surface area (Å²) in [6.07, 6.45) is 5.49. The van der Waals surface area contributed by atoms with Gasteiger partial charge in [0.2, 0.25) is 0 Å². The number of nitrogens with one attached hydrogen (secondary N) is 2. The molecule has 0 saturated carbocycles. The molecule has 1 amide bonds. The highest BCUT2D eigenvalue weighted by molar-refractivity contribution is 7.18. The third-order valence-corrected chi connectivity index (χ3v) is 5.85. The van der Waals surface area contributed by atoms with Gasteiger partial charge in [-0.2, -0.15) is 0 Å². The summed E-state index contributed by atoms with van der Waals surface area (Å²) in [4.78, 5) is 29.3. The van der Waals surface area contributed by atoms with Crippen LogP contribution in [0.25, 0.3) is 0 Å². The van der Waals surface area contributed by atoms with Crippen LogP contribution in [0.1, 0.15) is 15.2 Å². The molecule has 0 spiro atoms. The molecule has 152 valence electrons. The Kier molecular flexibility index (Phi) is 7.24. The summed E-state index contributed by atoms with van der Waals surface area (Å²) in [6, 6.07) is 6.76. The first kappa shape index (κ1) is 21.3. The van der Waals surface area contributed by atoms with E-state index in [-0.39, 0.29) is 17.8 Å². The molecule has 0 unspecified atom stereocenters. The molecular formula is C19H17Cl2FN4O2S. The number of anilines is 2. The molecule has 0 bridgehead atoms. The molecule has 29 heavy (non-hydrogen) atoms. The second-order valence-corrected chi connectivity index (χ2v) is 8.12. The van der Waals surface area contributed by atoms with Crippen LogP contribution in [0, 0.1) is 0 Å². The Labute approximate surface area is 180 Å². The van der Waals surface area contributed by atoms with E-state index in [1.54, 1.807) is 12.4 Å². The summed E-state index contributed by atoms with van der Waals surface area (Å²) in [6.45, 7) is -0.344. The van der Waals surface area contributed by atoms with Crippen molar-refractivity contribution in [3.63, 3.8) is 0 Å². The SMILES string of the molecule is O=C(Nc1cc(NCCc2cccnc2)c(=O)n(CCF)c1)c1cc(Cl)c(Cl)s1. The highest BCUT2D eigenvalue weighted by Gasteiger charge is 2.14. The third kappa shape index (κ3) is 5.56. The third-order valence-electron chi connectivity index (χ3n) is 3.99. The molecule has 0 aliphatic carbocycles. The number of halogens is 3. The molecule has 0 fully saturated rings. The summed E-state index contributed by atoms with van der Waals surface area (Å²) in [5, 5.41) is 6.04. The van der Waals surface area contributed by atoms with Crippen molar-refractivity contribution in [1.82, 2.24) is 9.55 Å². The molecule has 3 heterocycles. The Morgan fingerprint density at radius 3 is 2.79 bits per heavy atom. The number of alkyl halides is 1. The Bertz CT molecular complexity index is 1040. The molecule has 0 aromatic carbocycles. The maximum Gasteiger partial charge on any atom is 0.274 e. The number of rotatable bonds is 8. The van der Waals surface area contributed by atoms with Crippen molar-refractivity contribution in [2.24, 2.45) is 0 Å². The van der Waals surface area contributed by atoms with E-state index >= 15 is 0 Å². The lowest BCUT2D eigenvalue weighted by molar-refractivity contribution is 0.103. The lowest BCUT2D eigenvalue weighted by atomic mass is 10.2. The smallest absolute Gasteiger partial charge is 0.274 e. The number of carbonyl (C=O) groups is 1. The topological polar surface area (TPSA) is 76.0 Å². The summed E-state index contributed by atoms with van der Waals surface area (Å²) >= 11 is 12.8. The summed E-state index contributed by atoms with van der Waals surface area (Å²) in [7, 11) is 0. The molecule has 2 N–H and O–H groups in total. The standard InChI is InChI=1S/C19H17Cl2FN4O2S/c20-14-9-16(29-17(14)21)18(27)25-13-8-15(19(28)26(11-13)7-4-22)24-6-3-12-2-1-5-23-10-12/h1-2,5,8-11,24H,3-4,6-7H2,(H,25,27). The number of thiophene rings is 1. The van der Waals surface area contributed by atoms with Crippen LogP contribution in [0.15, 0.2) is 47.7 Å². The van der Waals surface area contributed by atoms with Gasteiger partial charge in [0, 0.05) is 25.1 Å². The lowest BCUT2D eigenvalue weighted by Crippen LogP contribution is -2.26. The Morgan fingerprint density at radius 1 is 1.31 bits per heavy atom. The second-order valence-electron chi connectivity index (χ2n) is 6.05. The first-order chi connectivity index (χ1) is 14.0. The molecule has 6 nitrogen and oxygen atoms in total. The van der Waals surface area contributed by atoms with Gasteiger partial charge in [-0.05, 0) is 30.2 Å². The predicted molar refractivity (Wildman–Crippen MR) is 115 cm³/mol. The monoisotopic (exact) mass is 454 g/mol. The molecule has 0 aliphatic heterocycles. The minimum atomic E-state index is -0.706. The Morgan fingerprint density at radius 2 is 2.14 bits per heavy atom. The second kappa shape index (κ2) is 9.87. The molecule has 10 heteroatoms. The lowest BCUT2D eigenvalue weighted by Gasteiger charge is -2.13. The van der Waals surface area contributed by atoms with Crippen LogP contribution in [0.5, 0.6) is 0 Å². The Hall–Kier alpha value is -2.42. The van der Waals surface area contributed by atoms with Crippen LogP contribution < -0.4 is 16.2 Å². The van der Waals surface area contributed by atoms with Gasteiger partial charge in [-0.1, -0.05) is 29.3 Å². The molecule has 3 aromatic heterocycles. The zero-order valence-electron chi connectivity index (χ0n) is 15.1. The Balaban J connectivity index is 1.77. The number of pyridine rings is 2. The fraction of sp³-hybridized carbons (Fsp3) is 0.211. The van der Waals surface area contributed by atoms with Crippen molar-refractivity contribution >= 4 is 51.8 Å². The fourth-order valence-electron chi connectivity index (χ4n) is 2.63.